The van der Waals surface area contributed by atoms with Crippen molar-refractivity contribution >= 4 is 5.91 Å². The van der Waals surface area contributed by atoms with Crippen molar-refractivity contribution < 1.29 is 18.0 Å². The zero-order valence-electron chi connectivity index (χ0n) is 10.5. The smallest absolute Gasteiger partial charge is 0.341 e. The second-order valence-corrected chi connectivity index (χ2v) is 3.87. The van der Waals surface area contributed by atoms with Gasteiger partial charge in [0.05, 0.1) is 0 Å². The van der Waals surface area contributed by atoms with Gasteiger partial charge in [0.15, 0.2) is 5.69 Å². The molecule has 4 nitrogen and oxygen atoms in total. The van der Waals surface area contributed by atoms with Crippen molar-refractivity contribution in [1.82, 2.24) is 14.7 Å². The average molecular weight is 263 g/mol. The molecule has 7 heteroatoms. The Morgan fingerprint density at radius 1 is 1.44 bits per heavy atom. The van der Waals surface area contributed by atoms with E-state index in [1.165, 1.54) is 13.1 Å². The summed E-state index contributed by atoms with van der Waals surface area (Å²) in [7, 11) is 0. The van der Waals surface area contributed by atoms with Gasteiger partial charge in [0.2, 0.25) is 5.91 Å². The van der Waals surface area contributed by atoms with E-state index in [-0.39, 0.29) is 5.91 Å². The fraction of sp³-hybridized carbons (Fsp3) is 0.636. The number of carbonyl (C=O) groups is 1. The molecule has 0 N–H and O–H groups in total. The first-order chi connectivity index (χ1) is 8.31. The molecule has 1 aromatic heterocycles. The Morgan fingerprint density at radius 3 is 2.39 bits per heavy atom. The minimum absolute atomic E-state index is 0.239. The number of alkyl halides is 3. The molecular formula is C11H16F3N3O. The SMILES string of the molecule is CCN(CC)C(=O)C(C)n1ccc(C(F)(F)F)n1. The van der Waals surface area contributed by atoms with Gasteiger partial charge in [-0.25, -0.2) is 0 Å². The third-order valence-electron chi connectivity index (χ3n) is 2.73. The first-order valence-electron chi connectivity index (χ1n) is 5.72. The summed E-state index contributed by atoms with van der Waals surface area (Å²) in [5.41, 5.74) is -0.985. The molecule has 102 valence electrons. The molecule has 1 amide bonds. The van der Waals surface area contributed by atoms with E-state index in [9.17, 15) is 18.0 Å². The molecule has 0 aromatic carbocycles. The number of aromatic nitrogens is 2. The van der Waals surface area contributed by atoms with Crippen molar-refractivity contribution in [1.29, 1.82) is 0 Å². The molecule has 1 heterocycles. The Labute approximate surface area is 103 Å². The first-order valence-corrected chi connectivity index (χ1v) is 5.72. The zero-order chi connectivity index (χ0) is 13.9. The fourth-order valence-electron chi connectivity index (χ4n) is 1.62. The monoisotopic (exact) mass is 263 g/mol. The van der Waals surface area contributed by atoms with Crippen LogP contribution in [0.25, 0.3) is 0 Å². The largest absolute Gasteiger partial charge is 0.435 e. The van der Waals surface area contributed by atoms with E-state index in [1.807, 2.05) is 13.8 Å². The van der Waals surface area contributed by atoms with Gasteiger partial charge in [0.1, 0.15) is 6.04 Å². The summed E-state index contributed by atoms with van der Waals surface area (Å²) >= 11 is 0. The number of rotatable bonds is 4. The Bertz CT molecular complexity index is 410. The number of likely N-dealkylation sites (N-methyl/N-ethyl adjacent to an activating group) is 1. The lowest BCUT2D eigenvalue weighted by Crippen LogP contribution is -2.36. The van der Waals surface area contributed by atoms with Crippen LogP contribution in [0.5, 0.6) is 0 Å². The molecule has 1 atom stereocenters. The van der Waals surface area contributed by atoms with E-state index in [4.69, 9.17) is 0 Å². The van der Waals surface area contributed by atoms with Crippen LogP contribution in [0.3, 0.4) is 0 Å². The molecule has 0 aliphatic rings. The Hall–Kier alpha value is -1.53. The van der Waals surface area contributed by atoms with Crippen LogP contribution >= 0.6 is 0 Å². The fourth-order valence-corrected chi connectivity index (χ4v) is 1.62. The van der Waals surface area contributed by atoms with E-state index in [0.717, 1.165) is 10.7 Å². The Balaban J connectivity index is 2.88. The number of halogens is 3. The predicted octanol–water partition coefficient (Wildman–Crippen LogP) is 2.33. The maximum atomic E-state index is 12.4. The van der Waals surface area contributed by atoms with Crippen LogP contribution in [-0.2, 0) is 11.0 Å². The minimum atomic E-state index is -4.48. The minimum Gasteiger partial charge on any atom is -0.341 e. The standard InChI is InChI=1S/C11H16F3N3O/c1-4-16(5-2)10(18)8(3)17-7-6-9(15-17)11(12,13)14/h6-8H,4-5H2,1-3H3. The molecule has 0 aliphatic heterocycles. The van der Waals surface area contributed by atoms with Crippen LogP contribution < -0.4 is 0 Å². The summed E-state index contributed by atoms with van der Waals surface area (Å²) < 4.78 is 38.2. The van der Waals surface area contributed by atoms with Crippen LogP contribution in [-0.4, -0.2) is 33.7 Å². The van der Waals surface area contributed by atoms with Crippen LogP contribution in [0.1, 0.15) is 32.5 Å². The number of hydrogen-bond acceptors (Lipinski definition) is 2. The van der Waals surface area contributed by atoms with Crippen LogP contribution in [0.2, 0.25) is 0 Å². The van der Waals surface area contributed by atoms with E-state index in [2.05, 4.69) is 5.10 Å². The molecule has 18 heavy (non-hydrogen) atoms. The van der Waals surface area contributed by atoms with Crippen molar-refractivity contribution in [2.45, 2.75) is 33.0 Å². The first kappa shape index (κ1) is 14.5. The van der Waals surface area contributed by atoms with Crippen LogP contribution in [0, 0.1) is 0 Å². The van der Waals surface area contributed by atoms with Crippen molar-refractivity contribution in [3.63, 3.8) is 0 Å². The molecule has 0 saturated heterocycles. The molecular weight excluding hydrogens is 247 g/mol. The lowest BCUT2D eigenvalue weighted by molar-refractivity contribution is -0.142. The average Bonchev–Trinajstić information content (AvgIpc) is 2.78. The molecule has 0 saturated carbocycles. The summed E-state index contributed by atoms with van der Waals surface area (Å²) in [6, 6.07) is 0.132. The Morgan fingerprint density at radius 2 is 2.00 bits per heavy atom. The van der Waals surface area contributed by atoms with Crippen molar-refractivity contribution in [3.05, 3.63) is 18.0 Å². The highest BCUT2D eigenvalue weighted by Crippen LogP contribution is 2.27. The molecule has 0 fully saturated rings. The molecule has 0 bridgehead atoms. The van der Waals surface area contributed by atoms with Gasteiger partial charge < -0.3 is 4.90 Å². The van der Waals surface area contributed by atoms with Gasteiger partial charge in [-0.2, -0.15) is 18.3 Å². The van der Waals surface area contributed by atoms with Gasteiger partial charge in [-0.05, 0) is 26.8 Å². The van der Waals surface area contributed by atoms with Crippen LogP contribution in [0.4, 0.5) is 13.2 Å². The van der Waals surface area contributed by atoms with Crippen molar-refractivity contribution in [2.75, 3.05) is 13.1 Å². The molecule has 0 spiro atoms. The van der Waals surface area contributed by atoms with Gasteiger partial charge in [0, 0.05) is 19.3 Å². The van der Waals surface area contributed by atoms with E-state index >= 15 is 0 Å². The maximum Gasteiger partial charge on any atom is 0.435 e. The number of amides is 1. The van der Waals surface area contributed by atoms with Gasteiger partial charge in [0.25, 0.3) is 0 Å². The molecule has 1 unspecified atom stereocenters. The molecule has 0 radical (unpaired) electrons. The van der Waals surface area contributed by atoms with Crippen molar-refractivity contribution in [2.24, 2.45) is 0 Å². The van der Waals surface area contributed by atoms with E-state index < -0.39 is 17.9 Å². The third-order valence-corrected chi connectivity index (χ3v) is 2.73. The van der Waals surface area contributed by atoms with Gasteiger partial charge in [-0.1, -0.05) is 0 Å². The predicted molar refractivity (Wildman–Crippen MR) is 59.9 cm³/mol. The third kappa shape index (κ3) is 3.02. The molecule has 1 aromatic rings. The lowest BCUT2D eigenvalue weighted by Gasteiger charge is -2.22. The Kier molecular flexibility index (Phi) is 4.37. The van der Waals surface area contributed by atoms with Gasteiger partial charge >= 0.3 is 6.18 Å². The van der Waals surface area contributed by atoms with Gasteiger partial charge in [-0.3, -0.25) is 9.48 Å². The summed E-state index contributed by atoms with van der Waals surface area (Å²) in [6.07, 6.45) is -3.31. The molecule has 0 aliphatic carbocycles. The molecule has 1 rings (SSSR count). The van der Waals surface area contributed by atoms with Crippen molar-refractivity contribution in [3.8, 4) is 0 Å². The quantitative estimate of drug-likeness (QED) is 0.836. The normalized spacial score (nSPS) is 13.4. The number of hydrogen-bond donors (Lipinski definition) is 0. The highest BCUT2D eigenvalue weighted by Gasteiger charge is 2.34. The number of nitrogens with zero attached hydrogens (tertiary/aromatic N) is 3. The summed E-state index contributed by atoms with van der Waals surface area (Å²) in [6.45, 7) is 6.21. The summed E-state index contributed by atoms with van der Waals surface area (Å²) in [5.74, 6) is -0.239. The maximum absolute atomic E-state index is 12.4. The summed E-state index contributed by atoms with van der Waals surface area (Å²) in [5, 5.41) is 3.40. The zero-order valence-corrected chi connectivity index (χ0v) is 10.5. The highest BCUT2D eigenvalue weighted by molar-refractivity contribution is 5.79. The second-order valence-electron chi connectivity index (χ2n) is 3.87. The summed E-state index contributed by atoms with van der Waals surface area (Å²) in [4.78, 5) is 13.5. The second kappa shape index (κ2) is 5.41. The lowest BCUT2D eigenvalue weighted by atomic mass is 10.3. The van der Waals surface area contributed by atoms with E-state index in [0.29, 0.717) is 13.1 Å². The van der Waals surface area contributed by atoms with Crippen LogP contribution in [0.15, 0.2) is 12.3 Å². The van der Waals surface area contributed by atoms with E-state index in [1.54, 1.807) is 4.90 Å². The highest BCUT2D eigenvalue weighted by atomic mass is 19.4. The number of carbonyl (C=O) groups excluding carboxylic acids is 1. The topological polar surface area (TPSA) is 38.1 Å². The van der Waals surface area contributed by atoms with Gasteiger partial charge in [-0.15, -0.1) is 0 Å².